The second kappa shape index (κ2) is 6.63. The lowest BCUT2D eigenvalue weighted by Gasteiger charge is -2.29. The number of carbonyl (C=O) groups excluding carboxylic acids is 3. The fourth-order valence-corrected chi connectivity index (χ4v) is 3.36. The van der Waals surface area contributed by atoms with Crippen LogP contribution in [-0.4, -0.2) is 53.4 Å². The van der Waals surface area contributed by atoms with Crippen LogP contribution in [0.25, 0.3) is 0 Å². The van der Waals surface area contributed by atoms with Crippen LogP contribution in [0, 0.1) is 13.8 Å². The molecule has 2 aliphatic heterocycles. The number of fused-ring (bicyclic) bond motifs is 1. The molecule has 140 valence electrons. The van der Waals surface area contributed by atoms with Crippen LogP contribution in [0.2, 0.25) is 0 Å². The normalized spacial score (nSPS) is 22.7. The molecular weight excluding hydrogens is 334 g/mol. The van der Waals surface area contributed by atoms with Gasteiger partial charge in [0.05, 0.1) is 6.54 Å². The highest BCUT2D eigenvalue weighted by Crippen LogP contribution is 2.26. The molecule has 7 heteroatoms. The van der Waals surface area contributed by atoms with Crippen LogP contribution < -0.4 is 15.4 Å². The van der Waals surface area contributed by atoms with Gasteiger partial charge < -0.3 is 20.3 Å². The van der Waals surface area contributed by atoms with Gasteiger partial charge in [-0.05, 0) is 51.3 Å². The number of amides is 3. The van der Waals surface area contributed by atoms with Crippen molar-refractivity contribution in [3.63, 3.8) is 0 Å². The molecule has 26 heavy (non-hydrogen) atoms. The zero-order valence-electron chi connectivity index (χ0n) is 15.6. The van der Waals surface area contributed by atoms with Gasteiger partial charge in [0.15, 0.2) is 5.60 Å². The van der Waals surface area contributed by atoms with Gasteiger partial charge in [0.25, 0.3) is 5.91 Å². The highest BCUT2D eigenvalue weighted by Gasteiger charge is 2.44. The highest BCUT2D eigenvalue weighted by atomic mass is 16.5. The minimum absolute atomic E-state index is 0.0250. The largest absolute Gasteiger partial charge is 0.478 e. The van der Waals surface area contributed by atoms with E-state index in [1.807, 2.05) is 32.0 Å². The smallest absolute Gasteiger partial charge is 0.263 e. The zero-order valence-corrected chi connectivity index (χ0v) is 15.6. The van der Waals surface area contributed by atoms with E-state index in [0.29, 0.717) is 18.7 Å². The van der Waals surface area contributed by atoms with E-state index in [9.17, 15) is 14.4 Å². The molecule has 1 aromatic rings. The van der Waals surface area contributed by atoms with E-state index >= 15 is 0 Å². The van der Waals surface area contributed by atoms with Gasteiger partial charge in [0.1, 0.15) is 11.8 Å². The Bertz CT molecular complexity index is 735. The molecule has 0 saturated carbocycles. The standard InChI is InChI=1S/C19H25N3O4/c1-11-6-5-7-15(12(11)2)26-19(3,4)18(25)21-13-8-14-17(24)20-9-16(23)22(14)10-13/h5-7,13-14H,8-10H2,1-4H3,(H,20,24)(H,21,25)/t13-,14+/m1/s1. The van der Waals surface area contributed by atoms with Crippen molar-refractivity contribution in [2.75, 3.05) is 13.1 Å². The Kier molecular flexibility index (Phi) is 4.64. The van der Waals surface area contributed by atoms with Crippen molar-refractivity contribution in [2.24, 2.45) is 0 Å². The summed E-state index contributed by atoms with van der Waals surface area (Å²) in [6.07, 6.45) is 0.420. The molecule has 2 N–H and O–H groups in total. The van der Waals surface area contributed by atoms with Crippen LogP contribution in [0.1, 0.15) is 31.4 Å². The maximum absolute atomic E-state index is 12.7. The quantitative estimate of drug-likeness (QED) is 0.827. The number of ether oxygens (including phenoxy) is 1. The summed E-state index contributed by atoms with van der Waals surface area (Å²) in [5.74, 6) is 0.129. The van der Waals surface area contributed by atoms with E-state index < -0.39 is 11.6 Å². The summed E-state index contributed by atoms with van der Waals surface area (Å²) in [4.78, 5) is 38.1. The third kappa shape index (κ3) is 3.38. The molecule has 3 amide bonds. The van der Waals surface area contributed by atoms with Crippen LogP contribution in [-0.2, 0) is 14.4 Å². The molecule has 0 aromatic heterocycles. The number of piperazine rings is 1. The van der Waals surface area contributed by atoms with Crippen molar-refractivity contribution < 1.29 is 19.1 Å². The molecule has 0 bridgehead atoms. The number of benzene rings is 1. The van der Waals surface area contributed by atoms with E-state index in [0.717, 1.165) is 11.1 Å². The summed E-state index contributed by atoms with van der Waals surface area (Å²) >= 11 is 0. The third-order valence-electron chi connectivity index (χ3n) is 5.14. The lowest BCUT2D eigenvalue weighted by atomic mass is 10.1. The Labute approximate surface area is 153 Å². The highest BCUT2D eigenvalue weighted by molar-refractivity contribution is 5.95. The van der Waals surface area contributed by atoms with Gasteiger partial charge in [-0.1, -0.05) is 12.1 Å². The Morgan fingerprint density at radius 2 is 2.04 bits per heavy atom. The fraction of sp³-hybridized carbons (Fsp3) is 0.526. The van der Waals surface area contributed by atoms with Gasteiger partial charge in [-0.2, -0.15) is 0 Å². The Balaban J connectivity index is 1.66. The topological polar surface area (TPSA) is 87.7 Å². The molecule has 0 radical (unpaired) electrons. The van der Waals surface area contributed by atoms with Gasteiger partial charge in [-0.3, -0.25) is 14.4 Å². The Morgan fingerprint density at radius 1 is 1.31 bits per heavy atom. The first-order valence-corrected chi connectivity index (χ1v) is 8.82. The molecule has 0 aliphatic carbocycles. The predicted molar refractivity (Wildman–Crippen MR) is 95.7 cm³/mol. The van der Waals surface area contributed by atoms with Gasteiger partial charge in [0.2, 0.25) is 11.8 Å². The number of carbonyl (C=O) groups is 3. The summed E-state index contributed by atoms with van der Waals surface area (Å²) in [5, 5.41) is 5.52. The van der Waals surface area contributed by atoms with Crippen LogP contribution in [0.5, 0.6) is 5.75 Å². The first kappa shape index (κ1) is 18.2. The van der Waals surface area contributed by atoms with Crippen molar-refractivity contribution in [1.82, 2.24) is 15.5 Å². The van der Waals surface area contributed by atoms with Gasteiger partial charge in [0, 0.05) is 12.6 Å². The summed E-state index contributed by atoms with van der Waals surface area (Å²) in [7, 11) is 0. The number of hydrogen-bond donors (Lipinski definition) is 2. The monoisotopic (exact) mass is 359 g/mol. The lowest BCUT2D eigenvalue weighted by molar-refractivity contribution is -0.143. The number of nitrogens with zero attached hydrogens (tertiary/aromatic N) is 1. The number of rotatable bonds is 4. The summed E-state index contributed by atoms with van der Waals surface area (Å²) < 4.78 is 5.97. The van der Waals surface area contributed by atoms with E-state index in [-0.39, 0.29) is 30.3 Å². The third-order valence-corrected chi connectivity index (χ3v) is 5.14. The minimum Gasteiger partial charge on any atom is -0.478 e. The van der Waals surface area contributed by atoms with Crippen LogP contribution in [0.4, 0.5) is 0 Å². The number of aryl methyl sites for hydroxylation is 1. The molecule has 1 aromatic carbocycles. The Hall–Kier alpha value is -2.57. The molecule has 0 unspecified atom stereocenters. The second-order valence-corrected chi connectivity index (χ2v) is 7.50. The molecule has 3 rings (SSSR count). The maximum atomic E-state index is 12.7. The van der Waals surface area contributed by atoms with Gasteiger partial charge >= 0.3 is 0 Å². The van der Waals surface area contributed by atoms with Crippen molar-refractivity contribution in [3.8, 4) is 5.75 Å². The summed E-state index contributed by atoms with van der Waals surface area (Å²) in [5.41, 5.74) is 1.01. The van der Waals surface area contributed by atoms with Gasteiger partial charge in [-0.25, -0.2) is 0 Å². The average molecular weight is 359 g/mol. The maximum Gasteiger partial charge on any atom is 0.263 e. The summed E-state index contributed by atoms with van der Waals surface area (Å²) in [6, 6.07) is 4.97. The van der Waals surface area contributed by atoms with Crippen LogP contribution in [0.3, 0.4) is 0 Å². The molecule has 2 fully saturated rings. The van der Waals surface area contributed by atoms with Gasteiger partial charge in [-0.15, -0.1) is 0 Å². The number of nitrogens with one attached hydrogen (secondary N) is 2. The average Bonchev–Trinajstić information content (AvgIpc) is 3.00. The van der Waals surface area contributed by atoms with Crippen LogP contribution in [0.15, 0.2) is 18.2 Å². The lowest BCUT2D eigenvalue weighted by Crippen LogP contribution is -2.55. The predicted octanol–water partition coefficient (Wildman–Crippen LogP) is 0.676. The SMILES string of the molecule is Cc1cccc(OC(C)(C)C(=O)N[C@@H]2C[C@H]3C(=O)NCC(=O)N3C2)c1C. The number of hydrogen-bond acceptors (Lipinski definition) is 4. The van der Waals surface area contributed by atoms with E-state index in [2.05, 4.69) is 10.6 Å². The molecule has 2 saturated heterocycles. The zero-order chi connectivity index (χ0) is 19.1. The molecule has 2 aliphatic rings. The van der Waals surface area contributed by atoms with Crippen molar-refractivity contribution >= 4 is 17.7 Å². The Morgan fingerprint density at radius 3 is 2.73 bits per heavy atom. The van der Waals surface area contributed by atoms with E-state index in [4.69, 9.17) is 4.74 Å². The first-order valence-electron chi connectivity index (χ1n) is 8.82. The molecule has 2 heterocycles. The van der Waals surface area contributed by atoms with E-state index in [1.54, 1.807) is 18.7 Å². The van der Waals surface area contributed by atoms with E-state index in [1.165, 1.54) is 0 Å². The minimum atomic E-state index is -1.08. The molecule has 2 atom stereocenters. The molecular formula is C19H25N3O4. The second-order valence-electron chi connectivity index (χ2n) is 7.50. The fourth-order valence-electron chi connectivity index (χ4n) is 3.36. The van der Waals surface area contributed by atoms with Crippen molar-refractivity contribution in [2.45, 2.75) is 51.8 Å². The van der Waals surface area contributed by atoms with Crippen LogP contribution >= 0.6 is 0 Å². The first-order chi connectivity index (χ1) is 12.2. The van der Waals surface area contributed by atoms with Crippen molar-refractivity contribution in [3.05, 3.63) is 29.3 Å². The van der Waals surface area contributed by atoms with Crippen molar-refractivity contribution in [1.29, 1.82) is 0 Å². The molecule has 7 nitrogen and oxygen atoms in total. The summed E-state index contributed by atoms with van der Waals surface area (Å²) in [6.45, 7) is 7.75. The molecule has 0 spiro atoms.